The molecule has 1 unspecified atom stereocenters. The van der Waals surface area contributed by atoms with E-state index in [1.807, 2.05) is 19.1 Å². The minimum absolute atomic E-state index is 0.0602. The molecule has 3 rings (SSSR count). The molecule has 0 saturated heterocycles. The summed E-state index contributed by atoms with van der Waals surface area (Å²) in [4.78, 5) is 19.1. The quantitative estimate of drug-likeness (QED) is 0.367. The highest BCUT2D eigenvalue weighted by Gasteiger charge is 2.25. The molecule has 0 amide bonds. The van der Waals surface area contributed by atoms with Crippen LogP contribution in [0.4, 0.5) is 17.2 Å². The van der Waals surface area contributed by atoms with Gasteiger partial charge in [0.1, 0.15) is 5.82 Å². The van der Waals surface area contributed by atoms with Crippen molar-refractivity contribution >= 4 is 34.8 Å². The van der Waals surface area contributed by atoms with E-state index in [1.54, 1.807) is 6.20 Å². The van der Waals surface area contributed by atoms with Crippen LogP contribution in [0.15, 0.2) is 36.5 Å². The Labute approximate surface area is 203 Å². The summed E-state index contributed by atoms with van der Waals surface area (Å²) in [5.74, 6) is 1.21. The van der Waals surface area contributed by atoms with Gasteiger partial charge >= 0.3 is 5.97 Å². The second-order valence-electron chi connectivity index (χ2n) is 9.51. The topological polar surface area (TPSA) is 54.5 Å². The number of nitrogens with zero attached hydrogens (tertiary/aromatic N) is 2. The molecule has 1 aromatic heterocycles. The lowest BCUT2D eigenvalue weighted by Crippen LogP contribution is -2.39. The summed E-state index contributed by atoms with van der Waals surface area (Å²) < 4.78 is 5.17. The Hall–Kier alpha value is -2.27. The molecule has 33 heavy (non-hydrogen) atoms. The van der Waals surface area contributed by atoms with Crippen molar-refractivity contribution in [1.82, 2.24) is 4.98 Å². The average Bonchev–Trinajstić information content (AvgIpc) is 2.80. The lowest BCUT2D eigenvalue weighted by atomic mass is 9.92. The van der Waals surface area contributed by atoms with Crippen LogP contribution in [0.25, 0.3) is 0 Å². The maximum Gasteiger partial charge on any atom is 0.306 e. The zero-order chi connectivity index (χ0) is 23.8. The number of halogens is 1. The number of carbonyl (C=O) groups excluding carboxylic acids is 1. The smallest absolute Gasteiger partial charge is 0.306 e. The number of esters is 1. The predicted octanol–water partition coefficient (Wildman–Crippen LogP) is 7.33. The molecule has 1 heterocycles. The van der Waals surface area contributed by atoms with E-state index in [0.717, 1.165) is 23.6 Å². The summed E-state index contributed by atoms with van der Waals surface area (Å²) in [6.45, 7) is 9.88. The van der Waals surface area contributed by atoms with Gasteiger partial charge in [-0.05, 0) is 61.4 Å². The largest absolute Gasteiger partial charge is 0.466 e. The second-order valence-corrected chi connectivity index (χ2v) is 9.95. The lowest BCUT2D eigenvalue weighted by molar-refractivity contribution is -0.143. The highest BCUT2D eigenvalue weighted by atomic mass is 35.5. The lowest BCUT2D eigenvalue weighted by Gasteiger charge is -2.38. The fraction of sp³-hybridized carbons (Fsp3) is 0.556. The molecular weight excluding hydrogens is 434 g/mol. The van der Waals surface area contributed by atoms with E-state index in [1.165, 1.54) is 37.8 Å². The molecule has 0 aliphatic heterocycles. The molecule has 1 saturated carbocycles. The Kier molecular flexibility index (Phi) is 9.42. The van der Waals surface area contributed by atoms with Crippen molar-refractivity contribution < 1.29 is 9.53 Å². The average molecular weight is 472 g/mol. The zero-order valence-corrected chi connectivity index (χ0v) is 21.2. The molecule has 180 valence electrons. The minimum Gasteiger partial charge on any atom is -0.466 e. The molecule has 1 aromatic carbocycles. The molecule has 2 aromatic rings. The summed E-state index contributed by atoms with van der Waals surface area (Å²) in [7, 11) is 0. The van der Waals surface area contributed by atoms with Gasteiger partial charge in [-0.3, -0.25) is 4.79 Å². The van der Waals surface area contributed by atoms with Crippen LogP contribution in [-0.4, -0.2) is 30.1 Å². The first-order valence-corrected chi connectivity index (χ1v) is 12.7. The summed E-state index contributed by atoms with van der Waals surface area (Å²) in [5.41, 5.74) is 3.32. The van der Waals surface area contributed by atoms with Crippen LogP contribution in [-0.2, 0) is 9.53 Å². The van der Waals surface area contributed by atoms with Gasteiger partial charge < -0.3 is 15.0 Å². The van der Waals surface area contributed by atoms with Crippen molar-refractivity contribution in [3.05, 3.63) is 47.1 Å². The third-order valence-electron chi connectivity index (χ3n) is 6.24. The number of benzene rings is 1. The van der Waals surface area contributed by atoms with Crippen LogP contribution in [0.2, 0.25) is 5.02 Å². The standard InChI is InChI=1S/C27H38ClN3O2/c1-5-33-27(32)15-20(4)21-11-13-25(24(16-21)30-26-14-12-22(28)17-29-26)31(18-19(2)3)23-9-7-6-8-10-23/h11-14,16-17,19-20,23H,5-10,15,18H2,1-4H3,(H,29,30). The number of anilines is 3. The van der Waals surface area contributed by atoms with Gasteiger partial charge in [0.2, 0.25) is 0 Å². The van der Waals surface area contributed by atoms with E-state index < -0.39 is 0 Å². The summed E-state index contributed by atoms with van der Waals surface area (Å²) in [5, 5.41) is 4.15. The van der Waals surface area contributed by atoms with Gasteiger partial charge in [-0.2, -0.15) is 0 Å². The van der Waals surface area contributed by atoms with Crippen LogP contribution in [0.1, 0.15) is 77.7 Å². The number of rotatable bonds is 10. The first-order valence-electron chi connectivity index (χ1n) is 12.3. The van der Waals surface area contributed by atoms with Gasteiger partial charge in [0.15, 0.2) is 0 Å². The number of hydrogen-bond donors (Lipinski definition) is 1. The van der Waals surface area contributed by atoms with E-state index in [2.05, 4.69) is 54.2 Å². The minimum atomic E-state index is -0.161. The van der Waals surface area contributed by atoms with E-state index >= 15 is 0 Å². The summed E-state index contributed by atoms with van der Waals surface area (Å²) in [6, 6.07) is 10.8. The number of pyridine rings is 1. The number of ether oxygens (including phenoxy) is 1. The van der Waals surface area contributed by atoms with Gasteiger partial charge in [0, 0.05) is 18.8 Å². The van der Waals surface area contributed by atoms with Crippen LogP contribution >= 0.6 is 11.6 Å². The summed E-state index contributed by atoms with van der Waals surface area (Å²) >= 11 is 6.05. The zero-order valence-electron chi connectivity index (χ0n) is 20.4. The van der Waals surface area contributed by atoms with Gasteiger partial charge in [0.25, 0.3) is 0 Å². The molecule has 5 nitrogen and oxygen atoms in total. The Morgan fingerprint density at radius 1 is 1.18 bits per heavy atom. The Morgan fingerprint density at radius 3 is 2.58 bits per heavy atom. The first kappa shape index (κ1) is 25.4. The fourth-order valence-corrected chi connectivity index (χ4v) is 4.73. The van der Waals surface area contributed by atoms with Crippen molar-refractivity contribution in [2.24, 2.45) is 5.92 Å². The van der Waals surface area contributed by atoms with Crippen LogP contribution < -0.4 is 10.2 Å². The number of carbonyl (C=O) groups is 1. The summed E-state index contributed by atoms with van der Waals surface area (Å²) in [6.07, 6.45) is 8.38. The van der Waals surface area contributed by atoms with Crippen molar-refractivity contribution in [3.8, 4) is 0 Å². The molecular formula is C27H38ClN3O2. The van der Waals surface area contributed by atoms with Crippen LogP contribution in [0.3, 0.4) is 0 Å². The van der Waals surface area contributed by atoms with Crippen molar-refractivity contribution in [2.75, 3.05) is 23.4 Å². The van der Waals surface area contributed by atoms with Gasteiger partial charge in [0.05, 0.1) is 29.4 Å². The molecule has 0 bridgehead atoms. The van der Waals surface area contributed by atoms with E-state index in [0.29, 0.717) is 30.0 Å². The SMILES string of the molecule is CCOC(=O)CC(C)c1ccc(N(CC(C)C)C2CCCCC2)c(Nc2ccc(Cl)cn2)c1. The van der Waals surface area contributed by atoms with Gasteiger partial charge in [-0.15, -0.1) is 0 Å². The molecule has 1 fully saturated rings. The van der Waals surface area contributed by atoms with Gasteiger partial charge in [-0.25, -0.2) is 4.98 Å². The maximum absolute atomic E-state index is 12.1. The number of hydrogen-bond acceptors (Lipinski definition) is 5. The first-order chi connectivity index (χ1) is 15.9. The Morgan fingerprint density at radius 2 is 1.94 bits per heavy atom. The molecule has 0 spiro atoms. The highest BCUT2D eigenvalue weighted by molar-refractivity contribution is 6.30. The molecule has 1 aliphatic rings. The maximum atomic E-state index is 12.1. The number of aromatic nitrogens is 1. The highest BCUT2D eigenvalue weighted by Crippen LogP contribution is 2.37. The van der Waals surface area contributed by atoms with Gasteiger partial charge in [-0.1, -0.05) is 57.7 Å². The van der Waals surface area contributed by atoms with E-state index in [9.17, 15) is 4.79 Å². The molecule has 1 aliphatic carbocycles. The third kappa shape index (κ3) is 7.36. The molecule has 0 radical (unpaired) electrons. The van der Waals surface area contributed by atoms with Crippen molar-refractivity contribution in [2.45, 2.75) is 78.2 Å². The molecule has 1 atom stereocenters. The van der Waals surface area contributed by atoms with Crippen LogP contribution in [0.5, 0.6) is 0 Å². The monoisotopic (exact) mass is 471 g/mol. The predicted molar refractivity (Wildman–Crippen MR) is 138 cm³/mol. The van der Waals surface area contributed by atoms with Crippen molar-refractivity contribution in [3.63, 3.8) is 0 Å². The Balaban J connectivity index is 1.97. The molecule has 6 heteroatoms. The normalized spacial score (nSPS) is 15.3. The number of nitrogens with one attached hydrogen (secondary N) is 1. The Bertz CT molecular complexity index is 895. The van der Waals surface area contributed by atoms with E-state index in [4.69, 9.17) is 16.3 Å². The second kappa shape index (κ2) is 12.3. The molecule has 1 N–H and O–H groups in total. The third-order valence-corrected chi connectivity index (χ3v) is 6.47. The fourth-order valence-electron chi connectivity index (χ4n) is 4.62. The van der Waals surface area contributed by atoms with Crippen molar-refractivity contribution in [1.29, 1.82) is 0 Å². The van der Waals surface area contributed by atoms with Crippen LogP contribution in [0, 0.1) is 5.92 Å². The van der Waals surface area contributed by atoms with E-state index in [-0.39, 0.29) is 11.9 Å².